The largest absolute Gasteiger partial charge is 0.394 e. The van der Waals surface area contributed by atoms with Crippen molar-refractivity contribution in [3.05, 3.63) is 53.3 Å². The third kappa shape index (κ3) is 2.14. The molecule has 3 rings (SSSR count). The zero-order chi connectivity index (χ0) is 14.3. The van der Waals surface area contributed by atoms with Crippen molar-refractivity contribution in [3.8, 4) is 11.3 Å². The molecule has 0 unspecified atom stereocenters. The van der Waals surface area contributed by atoms with Crippen molar-refractivity contribution in [2.24, 2.45) is 0 Å². The molecular formula is C16H16ClN3. The Morgan fingerprint density at radius 2 is 1.85 bits per heavy atom. The lowest BCUT2D eigenvalue weighted by Crippen LogP contribution is -1.92. The summed E-state index contributed by atoms with van der Waals surface area (Å²) in [7, 11) is 0. The molecule has 0 bridgehead atoms. The Hall–Kier alpha value is -2.00. The molecule has 0 atom stereocenters. The molecule has 0 aliphatic rings. The maximum atomic E-state index is 6.02. The number of imidazole rings is 1. The predicted octanol–water partition coefficient (Wildman–Crippen LogP) is 4.36. The van der Waals surface area contributed by atoms with Crippen molar-refractivity contribution in [1.82, 2.24) is 9.38 Å². The SMILES string of the molecule is CC(C)c1ccc(-c2cn3ccc(Cl)c(N)c3n2)cc1. The van der Waals surface area contributed by atoms with Crippen LogP contribution in [0.1, 0.15) is 25.3 Å². The average molecular weight is 286 g/mol. The molecule has 4 heteroatoms. The van der Waals surface area contributed by atoms with E-state index in [9.17, 15) is 0 Å². The highest BCUT2D eigenvalue weighted by Gasteiger charge is 2.09. The van der Waals surface area contributed by atoms with E-state index >= 15 is 0 Å². The first-order valence-electron chi connectivity index (χ1n) is 6.59. The van der Waals surface area contributed by atoms with Crippen LogP contribution in [0.5, 0.6) is 0 Å². The highest BCUT2D eigenvalue weighted by molar-refractivity contribution is 6.33. The van der Waals surface area contributed by atoms with E-state index in [4.69, 9.17) is 17.3 Å². The van der Waals surface area contributed by atoms with Crippen LogP contribution in [0.2, 0.25) is 5.02 Å². The molecule has 0 radical (unpaired) electrons. The van der Waals surface area contributed by atoms with Gasteiger partial charge in [0.2, 0.25) is 0 Å². The highest BCUT2D eigenvalue weighted by atomic mass is 35.5. The van der Waals surface area contributed by atoms with Crippen molar-refractivity contribution >= 4 is 22.9 Å². The molecule has 2 aromatic heterocycles. The van der Waals surface area contributed by atoms with Gasteiger partial charge in [-0.05, 0) is 17.5 Å². The van der Waals surface area contributed by atoms with Gasteiger partial charge in [-0.25, -0.2) is 4.98 Å². The minimum Gasteiger partial charge on any atom is -0.394 e. The van der Waals surface area contributed by atoms with E-state index in [1.807, 2.05) is 16.8 Å². The van der Waals surface area contributed by atoms with E-state index in [0.29, 0.717) is 22.3 Å². The highest BCUT2D eigenvalue weighted by Crippen LogP contribution is 2.27. The van der Waals surface area contributed by atoms with Crippen molar-refractivity contribution in [2.45, 2.75) is 19.8 Å². The third-order valence-corrected chi connectivity index (χ3v) is 3.81. The molecule has 2 N–H and O–H groups in total. The van der Waals surface area contributed by atoms with Gasteiger partial charge >= 0.3 is 0 Å². The number of aromatic nitrogens is 2. The predicted molar refractivity (Wildman–Crippen MR) is 84.1 cm³/mol. The minimum atomic E-state index is 0.513. The van der Waals surface area contributed by atoms with Crippen molar-refractivity contribution in [3.63, 3.8) is 0 Å². The maximum Gasteiger partial charge on any atom is 0.162 e. The van der Waals surface area contributed by atoms with Gasteiger partial charge in [0.15, 0.2) is 5.65 Å². The van der Waals surface area contributed by atoms with Gasteiger partial charge in [0.05, 0.1) is 16.4 Å². The standard InChI is InChI=1S/C16H16ClN3/c1-10(2)11-3-5-12(6-4-11)14-9-20-8-7-13(17)15(18)16(20)19-14/h3-10H,18H2,1-2H3. The number of nitrogens with two attached hydrogens (primary N) is 1. The summed E-state index contributed by atoms with van der Waals surface area (Å²) >= 11 is 6.02. The Kier molecular flexibility index (Phi) is 3.14. The van der Waals surface area contributed by atoms with Crippen LogP contribution >= 0.6 is 11.6 Å². The number of fused-ring (bicyclic) bond motifs is 1. The molecule has 0 saturated heterocycles. The average Bonchev–Trinajstić information content (AvgIpc) is 2.88. The van der Waals surface area contributed by atoms with Crippen LogP contribution in [0.15, 0.2) is 42.7 Å². The zero-order valence-electron chi connectivity index (χ0n) is 11.5. The Balaban J connectivity index is 2.08. The van der Waals surface area contributed by atoms with E-state index in [0.717, 1.165) is 11.3 Å². The van der Waals surface area contributed by atoms with Gasteiger partial charge in [-0.1, -0.05) is 49.7 Å². The van der Waals surface area contributed by atoms with Crippen LogP contribution in [-0.2, 0) is 0 Å². The Bertz CT molecular complexity index is 757. The second-order valence-electron chi connectivity index (χ2n) is 5.21. The molecule has 20 heavy (non-hydrogen) atoms. The smallest absolute Gasteiger partial charge is 0.162 e. The summed E-state index contributed by atoms with van der Waals surface area (Å²) in [5, 5.41) is 0.532. The third-order valence-electron chi connectivity index (χ3n) is 3.49. The molecule has 3 nitrogen and oxygen atoms in total. The summed E-state index contributed by atoms with van der Waals surface area (Å²) in [5.41, 5.74) is 10.5. The quantitative estimate of drug-likeness (QED) is 0.760. The number of anilines is 1. The molecule has 3 aromatic rings. The number of hydrogen-bond acceptors (Lipinski definition) is 2. The molecular weight excluding hydrogens is 270 g/mol. The Labute approximate surface area is 123 Å². The summed E-state index contributed by atoms with van der Waals surface area (Å²) < 4.78 is 1.90. The fraction of sp³-hybridized carbons (Fsp3) is 0.188. The molecule has 0 spiro atoms. The van der Waals surface area contributed by atoms with E-state index in [1.165, 1.54) is 5.56 Å². The van der Waals surface area contributed by atoms with Crippen LogP contribution in [0, 0.1) is 0 Å². The van der Waals surface area contributed by atoms with Gasteiger partial charge < -0.3 is 10.1 Å². The number of nitrogen functional groups attached to an aromatic ring is 1. The van der Waals surface area contributed by atoms with Crippen molar-refractivity contribution < 1.29 is 0 Å². The second kappa shape index (κ2) is 4.84. The van der Waals surface area contributed by atoms with Crippen molar-refractivity contribution in [2.75, 3.05) is 5.73 Å². The van der Waals surface area contributed by atoms with Gasteiger partial charge in [-0.2, -0.15) is 0 Å². The summed E-state index contributed by atoms with van der Waals surface area (Å²) in [6.07, 6.45) is 3.83. The number of hydrogen-bond donors (Lipinski definition) is 1. The summed E-state index contributed by atoms with van der Waals surface area (Å²) in [5.74, 6) is 0.527. The van der Waals surface area contributed by atoms with Gasteiger partial charge in [-0.15, -0.1) is 0 Å². The Morgan fingerprint density at radius 1 is 1.15 bits per heavy atom. The monoisotopic (exact) mass is 285 g/mol. The van der Waals surface area contributed by atoms with E-state index in [2.05, 4.69) is 43.1 Å². The van der Waals surface area contributed by atoms with Crippen LogP contribution in [0.25, 0.3) is 16.9 Å². The fourth-order valence-corrected chi connectivity index (χ4v) is 2.37. The Morgan fingerprint density at radius 3 is 2.50 bits per heavy atom. The first-order chi connectivity index (χ1) is 9.56. The summed E-state index contributed by atoms with van der Waals surface area (Å²) in [6.45, 7) is 4.37. The minimum absolute atomic E-state index is 0.513. The van der Waals surface area contributed by atoms with Crippen molar-refractivity contribution in [1.29, 1.82) is 0 Å². The topological polar surface area (TPSA) is 43.3 Å². The molecule has 102 valence electrons. The molecule has 1 aromatic carbocycles. The van der Waals surface area contributed by atoms with Gasteiger partial charge in [0, 0.05) is 18.0 Å². The molecule has 0 aliphatic carbocycles. The molecule has 2 heterocycles. The normalized spacial score (nSPS) is 11.4. The number of rotatable bonds is 2. The first-order valence-corrected chi connectivity index (χ1v) is 6.97. The molecule has 0 fully saturated rings. The summed E-state index contributed by atoms with van der Waals surface area (Å²) in [4.78, 5) is 4.57. The lowest BCUT2D eigenvalue weighted by atomic mass is 10.0. The maximum absolute atomic E-state index is 6.02. The number of pyridine rings is 1. The van der Waals surface area contributed by atoms with Gasteiger partial charge in [-0.3, -0.25) is 0 Å². The molecule has 0 aliphatic heterocycles. The number of nitrogens with zero attached hydrogens (tertiary/aromatic N) is 2. The lowest BCUT2D eigenvalue weighted by molar-refractivity contribution is 0.867. The second-order valence-corrected chi connectivity index (χ2v) is 5.62. The number of benzene rings is 1. The lowest BCUT2D eigenvalue weighted by Gasteiger charge is -2.05. The first kappa shape index (κ1) is 13.0. The van der Waals surface area contributed by atoms with Gasteiger partial charge in [0.25, 0.3) is 0 Å². The van der Waals surface area contributed by atoms with E-state index in [-0.39, 0.29) is 0 Å². The molecule has 0 saturated carbocycles. The van der Waals surface area contributed by atoms with Crippen LogP contribution in [-0.4, -0.2) is 9.38 Å². The van der Waals surface area contributed by atoms with E-state index < -0.39 is 0 Å². The van der Waals surface area contributed by atoms with Gasteiger partial charge in [0.1, 0.15) is 0 Å². The van der Waals surface area contributed by atoms with Crippen LogP contribution in [0.3, 0.4) is 0 Å². The zero-order valence-corrected chi connectivity index (χ0v) is 12.2. The van der Waals surface area contributed by atoms with E-state index in [1.54, 1.807) is 6.07 Å². The molecule has 0 amide bonds. The summed E-state index contributed by atoms with van der Waals surface area (Å²) in [6, 6.07) is 10.2. The number of halogens is 1. The van der Waals surface area contributed by atoms with Crippen LogP contribution in [0.4, 0.5) is 5.69 Å². The fourth-order valence-electron chi connectivity index (χ4n) is 2.23. The van der Waals surface area contributed by atoms with Crippen LogP contribution < -0.4 is 5.73 Å².